The lowest BCUT2D eigenvalue weighted by atomic mass is 9.85. The molecule has 3 heterocycles. The van der Waals surface area contributed by atoms with E-state index in [0.717, 1.165) is 24.4 Å². The van der Waals surface area contributed by atoms with Crippen molar-refractivity contribution in [3.8, 4) is 0 Å². The molecule has 0 radical (unpaired) electrons. The molecule has 0 saturated carbocycles. The van der Waals surface area contributed by atoms with E-state index in [1.807, 2.05) is 18.7 Å². The van der Waals surface area contributed by atoms with E-state index in [1.54, 1.807) is 6.26 Å². The van der Waals surface area contributed by atoms with E-state index >= 15 is 0 Å². The summed E-state index contributed by atoms with van der Waals surface area (Å²) in [5.41, 5.74) is 1.21. The number of carbonyl (C=O) groups is 1. The third-order valence-electron chi connectivity index (χ3n) is 6.84. The molecule has 2 aliphatic rings. The quantitative estimate of drug-likeness (QED) is 0.689. The van der Waals surface area contributed by atoms with Crippen LogP contribution in [0.25, 0.3) is 0 Å². The summed E-state index contributed by atoms with van der Waals surface area (Å²) >= 11 is 0. The first-order chi connectivity index (χ1) is 15.5. The van der Waals surface area contributed by atoms with E-state index < -0.39 is 21.7 Å². The van der Waals surface area contributed by atoms with Crippen molar-refractivity contribution in [2.45, 2.75) is 55.9 Å². The molecule has 10 heteroatoms. The predicted molar refractivity (Wildman–Crippen MR) is 121 cm³/mol. The maximum Gasteiger partial charge on any atom is 0.407 e. The van der Waals surface area contributed by atoms with Gasteiger partial charge in [-0.25, -0.2) is 22.6 Å². The molecule has 3 atom stereocenters. The smallest absolute Gasteiger partial charge is 0.407 e. The van der Waals surface area contributed by atoms with Gasteiger partial charge in [-0.2, -0.15) is 0 Å². The Morgan fingerprint density at radius 2 is 1.97 bits per heavy atom. The van der Waals surface area contributed by atoms with E-state index in [0.29, 0.717) is 44.1 Å². The number of piperidine rings is 1. The molecule has 180 valence electrons. The molecule has 0 bridgehead atoms. The van der Waals surface area contributed by atoms with E-state index in [2.05, 4.69) is 0 Å². The van der Waals surface area contributed by atoms with Crippen molar-refractivity contribution < 1.29 is 27.1 Å². The fourth-order valence-electron chi connectivity index (χ4n) is 4.96. The molecule has 4 rings (SSSR count). The largest absolute Gasteiger partial charge is 0.465 e. The molecule has 2 saturated heterocycles. The Morgan fingerprint density at radius 1 is 1.24 bits per heavy atom. The van der Waals surface area contributed by atoms with Gasteiger partial charge in [0.05, 0.1) is 16.3 Å². The van der Waals surface area contributed by atoms with Crippen LogP contribution in [0.1, 0.15) is 56.5 Å². The second kappa shape index (κ2) is 8.96. The Bertz CT molecular complexity index is 1130. The minimum Gasteiger partial charge on any atom is -0.465 e. The molecule has 2 fully saturated rings. The van der Waals surface area contributed by atoms with E-state index in [4.69, 9.17) is 9.40 Å². The highest BCUT2D eigenvalue weighted by atomic mass is 32.2. The second-order valence-electron chi connectivity index (χ2n) is 9.44. The molecule has 0 spiro atoms. The van der Waals surface area contributed by atoms with Crippen LogP contribution >= 0.6 is 0 Å². The number of sulfone groups is 1. The normalized spacial score (nSPS) is 24.0. The molecule has 1 aromatic heterocycles. The molecule has 2 aliphatic heterocycles. The van der Waals surface area contributed by atoms with Gasteiger partial charge in [0, 0.05) is 43.8 Å². The van der Waals surface area contributed by atoms with Crippen LogP contribution in [0.2, 0.25) is 0 Å². The zero-order valence-corrected chi connectivity index (χ0v) is 19.9. The van der Waals surface area contributed by atoms with Gasteiger partial charge in [-0.3, -0.25) is 0 Å². The zero-order valence-electron chi connectivity index (χ0n) is 19.1. The summed E-state index contributed by atoms with van der Waals surface area (Å²) in [6, 6.07) is 3.95. The topological polar surface area (TPSA) is 104 Å². The molecule has 2 aromatic rings. The summed E-state index contributed by atoms with van der Waals surface area (Å²) in [5.74, 6) is 0.439. The number of hydrogen-bond acceptors (Lipinski definition) is 6. The fraction of sp³-hybridized carbons (Fsp3) is 0.565. The average Bonchev–Trinajstić information content (AvgIpc) is 3.42. The van der Waals surface area contributed by atoms with Crippen LogP contribution in [-0.4, -0.2) is 61.4 Å². The number of halogens is 1. The number of aromatic nitrogens is 1. The van der Waals surface area contributed by atoms with E-state index in [9.17, 15) is 22.7 Å². The lowest BCUT2D eigenvalue weighted by Gasteiger charge is -2.39. The second-order valence-corrected chi connectivity index (χ2v) is 11.5. The highest BCUT2D eigenvalue weighted by molar-refractivity contribution is 7.90. The van der Waals surface area contributed by atoms with Crippen molar-refractivity contribution in [2.24, 2.45) is 5.92 Å². The Kier molecular flexibility index (Phi) is 6.39. The standard InChI is InChI=1S/C23H30FN3O5S/c1-14(2)21-10-15(7-9-27(21)23(28)29)22-25-19(13-32-22)16-6-8-26(12-16)20-5-4-17(11-18(20)24)33(3,30)31/h4-5,11,13-16,21H,6-10,12H2,1-3H3,(H,28,29). The zero-order chi connectivity index (χ0) is 23.9. The predicted octanol–water partition coefficient (Wildman–Crippen LogP) is 4.09. The van der Waals surface area contributed by atoms with Gasteiger partial charge >= 0.3 is 6.09 Å². The van der Waals surface area contributed by atoms with Crippen LogP contribution in [0, 0.1) is 11.7 Å². The minimum absolute atomic E-state index is 0.0331. The molecule has 8 nitrogen and oxygen atoms in total. The van der Waals surface area contributed by atoms with Gasteiger partial charge in [0.15, 0.2) is 15.7 Å². The number of likely N-dealkylation sites (tertiary alicyclic amines) is 1. The summed E-state index contributed by atoms with van der Waals surface area (Å²) in [7, 11) is -3.46. The van der Waals surface area contributed by atoms with Gasteiger partial charge in [-0.15, -0.1) is 0 Å². The van der Waals surface area contributed by atoms with Crippen LogP contribution < -0.4 is 4.90 Å². The number of carboxylic acid groups (broad SMARTS) is 1. The molecular weight excluding hydrogens is 449 g/mol. The monoisotopic (exact) mass is 479 g/mol. The summed E-state index contributed by atoms with van der Waals surface area (Å²) in [4.78, 5) is 19.7. The van der Waals surface area contributed by atoms with Gasteiger partial charge < -0.3 is 19.3 Å². The van der Waals surface area contributed by atoms with Gasteiger partial charge in [0.2, 0.25) is 0 Å². The number of nitrogens with zero attached hydrogens (tertiary/aromatic N) is 3. The van der Waals surface area contributed by atoms with Crippen LogP contribution in [-0.2, 0) is 9.84 Å². The molecule has 33 heavy (non-hydrogen) atoms. The van der Waals surface area contributed by atoms with Gasteiger partial charge in [0.1, 0.15) is 12.1 Å². The van der Waals surface area contributed by atoms with Crippen LogP contribution in [0.4, 0.5) is 14.9 Å². The molecule has 0 aliphatic carbocycles. The van der Waals surface area contributed by atoms with Crippen molar-refractivity contribution in [1.29, 1.82) is 0 Å². The number of oxazole rings is 1. The van der Waals surface area contributed by atoms with Crippen molar-refractivity contribution >= 4 is 21.6 Å². The first kappa shape index (κ1) is 23.5. The Balaban J connectivity index is 1.44. The lowest BCUT2D eigenvalue weighted by molar-refractivity contribution is 0.0791. The number of anilines is 1. The maximum atomic E-state index is 14.6. The number of benzene rings is 1. The summed E-state index contributed by atoms with van der Waals surface area (Å²) < 4.78 is 43.8. The molecular formula is C23H30FN3O5S. The first-order valence-electron chi connectivity index (χ1n) is 11.2. The SMILES string of the molecule is CC(C)C1CC(c2nc(C3CCN(c4ccc(S(C)(=O)=O)cc4F)C3)co2)CCN1C(=O)O. The lowest BCUT2D eigenvalue weighted by Crippen LogP contribution is -2.47. The minimum atomic E-state index is -3.46. The Morgan fingerprint density at radius 3 is 2.61 bits per heavy atom. The van der Waals surface area contributed by atoms with Crippen molar-refractivity contribution in [3.05, 3.63) is 41.9 Å². The Labute approximate surface area is 193 Å². The summed E-state index contributed by atoms with van der Waals surface area (Å²) in [6.07, 6.45) is 3.97. The van der Waals surface area contributed by atoms with Crippen LogP contribution in [0.15, 0.2) is 33.8 Å². The maximum absolute atomic E-state index is 14.6. The molecule has 3 unspecified atom stereocenters. The third kappa shape index (κ3) is 4.85. The third-order valence-corrected chi connectivity index (χ3v) is 7.95. The molecule has 1 aromatic carbocycles. The fourth-order valence-corrected chi connectivity index (χ4v) is 5.59. The highest BCUT2D eigenvalue weighted by Crippen LogP contribution is 2.37. The van der Waals surface area contributed by atoms with Gasteiger partial charge in [0.25, 0.3) is 0 Å². The Hall–Kier alpha value is -2.62. The number of hydrogen-bond donors (Lipinski definition) is 1. The van der Waals surface area contributed by atoms with Crippen LogP contribution in [0.3, 0.4) is 0 Å². The van der Waals surface area contributed by atoms with E-state index in [1.165, 1.54) is 17.0 Å². The van der Waals surface area contributed by atoms with Crippen molar-refractivity contribution in [3.63, 3.8) is 0 Å². The number of rotatable bonds is 5. The number of amides is 1. The highest BCUT2D eigenvalue weighted by Gasteiger charge is 2.36. The summed E-state index contributed by atoms with van der Waals surface area (Å²) in [5, 5.41) is 9.48. The van der Waals surface area contributed by atoms with Crippen molar-refractivity contribution in [1.82, 2.24) is 9.88 Å². The molecule has 1 amide bonds. The average molecular weight is 480 g/mol. The van der Waals surface area contributed by atoms with Crippen LogP contribution in [0.5, 0.6) is 0 Å². The van der Waals surface area contributed by atoms with Gasteiger partial charge in [-0.1, -0.05) is 13.8 Å². The van der Waals surface area contributed by atoms with Gasteiger partial charge in [-0.05, 0) is 43.4 Å². The summed E-state index contributed by atoms with van der Waals surface area (Å²) in [6.45, 7) is 5.71. The van der Waals surface area contributed by atoms with E-state index in [-0.39, 0.29) is 28.7 Å². The first-order valence-corrected chi connectivity index (χ1v) is 13.1. The molecule has 1 N–H and O–H groups in total. The van der Waals surface area contributed by atoms with Crippen molar-refractivity contribution in [2.75, 3.05) is 30.8 Å².